The number of alkyl halides is 1. The van der Waals surface area contributed by atoms with Crippen molar-refractivity contribution in [2.45, 2.75) is 43.8 Å². The molecule has 0 aromatic rings. The van der Waals surface area contributed by atoms with E-state index >= 15 is 0 Å². The van der Waals surface area contributed by atoms with Crippen molar-refractivity contribution in [3.63, 3.8) is 0 Å². The van der Waals surface area contributed by atoms with Gasteiger partial charge in [-0.3, -0.25) is 0 Å². The van der Waals surface area contributed by atoms with Crippen LogP contribution in [0.1, 0.15) is 19.3 Å². The molecule has 0 aromatic heterocycles. The molecular formula is C14H34ClN3SiTi. The summed E-state index contributed by atoms with van der Waals surface area (Å²) in [6.45, 7) is 4.66. The van der Waals surface area contributed by atoms with E-state index in [9.17, 15) is 0 Å². The average Bonchev–Trinajstić information content (AvgIpc) is 2.66. The van der Waals surface area contributed by atoms with E-state index in [-0.39, 0.29) is 29.1 Å². The summed E-state index contributed by atoms with van der Waals surface area (Å²) in [6, 6.07) is 1.29. The molecule has 1 saturated carbocycles. The fourth-order valence-corrected chi connectivity index (χ4v) is 4.43. The summed E-state index contributed by atoms with van der Waals surface area (Å²) >= 11 is 6.22. The van der Waals surface area contributed by atoms with E-state index in [2.05, 4.69) is 28.7 Å². The van der Waals surface area contributed by atoms with Gasteiger partial charge in [-0.25, -0.2) is 0 Å². The van der Waals surface area contributed by atoms with Crippen LogP contribution in [0.2, 0.25) is 19.1 Å². The number of halogens is 1. The van der Waals surface area contributed by atoms with Crippen LogP contribution >= 0.6 is 11.6 Å². The van der Waals surface area contributed by atoms with Gasteiger partial charge in [0.25, 0.3) is 0 Å². The number of rotatable bonds is 3. The molecule has 0 radical (unpaired) electrons. The van der Waals surface area contributed by atoms with E-state index in [0.29, 0.717) is 5.38 Å². The number of hydrogen-bond donors (Lipinski definition) is 0. The minimum absolute atomic E-state index is 0. The van der Waals surface area contributed by atoms with E-state index in [1.165, 1.54) is 25.3 Å². The van der Waals surface area contributed by atoms with Crippen LogP contribution in [0.3, 0.4) is 0 Å². The maximum absolute atomic E-state index is 6.22. The fourth-order valence-electron chi connectivity index (χ4n) is 1.95. The fraction of sp³-hybridized carbons (Fsp3) is 0.929. The first kappa shape index (κ1) is 29.2. The number of hydrogen-bond acceptors (Lipinski definition) is 0. The van der Waals surface area contributed by atoms with Gasteiger partial charge in [0.2, 0.25) is 0 Å². The van der Waals surface area contributed by atoms with E-state index in [0.717, 1.165) is 5.92 Å². The topological polar surface area (TPSA) is 42.3 Å². The smallest absolute Gasteiger partial charge is 0.668 e. The zero-order valence-electron chi connectivity index (χ0n) is 14.7. The second-order valence-corrected chi connectivity index (χ2v) is 10.4. The Labute approximate surface area is 149 Å². The van der Waals surface area contributed by atoms with Crippen LogP contribution in [0.4, 0.5) is 0 Å². The summed E-state index contributed by atoms with van der Waals surface area (Å²) in [4.78, 5) is 4.50. The Morgan fingerprint density at radius 1 is 1.00 bits per heavy atom. The Morgan fingerprint density at radius 2 is 1.40 bits per heavy atom. The molecule has 20 heavy (non-hydrogen) atoms. The largest absolute Gasteiger partial charge is 4.00 e. The molecule has 0 spiro atoms. The maximum atomic E-state index is 6.22. The zero-order chi connectivity index (χ0) is 14.6. The standard InChI is InChI=1S/C9H19ClNSi.2C2H6N.CH3.Ti/c1-11-12(2,3)7-8-5-4-6-9(8)10;2*1-3-2;;/h8-9H,4-7H2,1-3H3;2*1-2H3;1H3;/q4*-1;+4. The molecule has 2 unspecified atom stereocenters. The van der Waals surface area contributed by atoms with Gasteiger partial charge in [0.15, 0.2) is 0 Å². The molecular weight excluding hydrogens is 322 g/mol. The first-order valence-electron chi connectivity index (χ1n) is 6.59. The van der Waals surface area contributed by atoms with Crippen LogP contribution in [0.15, 0.2) is 0 Å². The monoisotopic (exact) mass is 355 g/mol. The van der Waals surface area contributed by atoms with Crippen LogP contribution in [0.25, 0.3) is 15.6 Å². The molecule has 0 amide bonds. The predicted molar refractivity (Wildman–Crippen MR) is 95.4 cm³/mol. The van der Waals surface area contributed by atoms with Crippen molar-refractivity contribution in [2.75, 3.05) is 35.2 Å². The first-order chi connectivity index (χ1) is 8.38. The van der Waals surface area contributed by atoms with Gasteiger partial charge in [-0.1, -0.05) is 33.8 Å². The molecule has 1 fully saturated rings. The SMILES string of the molecule is C[N-]C.C[N-]C.C[N-][Si](C)(C)CC1CCCC1Cl.[CH3-].[Ti+4]. The normalized spacial score (nSPS) is 20.4. The average molecular weight is 356 g/mol. The van der Waals surface area contributed by atoms with Gasteiger partial charge in [0.1, 0.15) is 0 Å². The third-order valence-electron chi connectivity index (χ3n) is 2.93. The zero-order valence-corrected chi connectivity index (χ0v) is 18.0. The maximum Gasteiger partial charge on any atom is 4.00 e. The summed E-state index contributed by atoms with van der Waals surface area (Å²) in [7, 11) is 7.72. The Hall–Kier alpha value is 1.10. The molecule has 2 atom stereocenters. The molecule has 0 saturated heterocycles. The second-order valence-electron chi connectivity index (χ2n) is 5.34. The molecule has 0 aliphatic heterocycles. The van der Waals surface area contributed by atoms with Gasteiger partial charge >= 0.3 is 21.7 Å². The molecule has 0 bridgehead atoms. The van der Waals surface area contributed by atoms with Gasteiger partial charge in [-0.15, -0.1) is 11.6 Å². The van der Waals surface area contributed by atoms with Gasteiger partial charge in [0.05, 0.1) is 0 Å². The minimum Gasteiger partial charge on any atom is -0.668 e. The van der Waals surface area contributed by atoms with Crippen LogP contribution in [0.5, 0.6) is 0 Å². The molecule has 0 N–H and O–H groups in total. The van der Waals surface area contributed by atoms with Crippen molar-refractivity contribution >= 4 is 19.8 Å². The van der Waals surface area contributed by atoms with Gasteiger partial charge in [0, 0.05) is 5.38 Å². The van der Waals surface area contributed by atoms with Gasteiger partial charge in [-0.2, -0.15) is 35.2 Å². The summed E-state index contributed by atoms with van der Waals surface area (Å²) < 4.78 is 0. The van der Waals surface area contributed by atoms with Crippen molar-refractivity contribution in [1.82, 2.24) is 0 Å². The van der Waals surface area contributed by atoms with E-state index in [1.54, 1.807) is 28.2 Å². The van der Waals surface area contributed by atoms with Crippen LogP contribution in [-0.4, -0.2) is 48.9 Å². The molecule has 120 valence electrons. The molecule has 1 aliphatic rings. The van der Waals surface area contributed by atoms with Crippen LogP contribution in [0, 0.1) is 13.3 Å². The first-order valence-corrected chi connectivity index (χ1v) is 10.2. The van der Waals surface area contributed by atoms with Gasteiger partial charge < -0.3 is 23.0 Å². The molecule has 3 nitrogen and oxygen atoms in total. The molecule has 6 heteroatoms. The third-order valence-corrected chi connectivity index (χ3v) is 6.24. The minimum atomic E-state index is -1.24. The third kappa shape index (κ3) is 17.2. The molecule has 1 aliphatic carbocycles. The Bertz CT molecular complexity index is 184. The van der Waals surface area contributed by atoms with Crippen molar-refractivity contribution in [3.8, 4) is 0 Å². The van der Waals surface area contributed by atoms with E-state index in [1.807, 2.05) is 7.05 Å². The molecule has 0 heterocycles. The Balaban J connectivity index is -0.000000139. The van der Waals surface area contributed by atoms with Gasteiger partial charge in [-0.05, 0) is 18.8 Å². The van der Waals surface area contributed by atoms with E-state index in [4.69, 9.17) is 11.6 Å². The quantitative estimate of drug-likeness (QED) is 0.375. The molecule has 0 aromatic carbocycles. The Kier molecular flexibility index (Phi) is 26.5. The summed E-state index contributed by atoms with van der Waals surface area (Å²) in [5, 5.41) is 7.44. The van der Waals surface area contributed by atoms with E-state index < -0.39 is 8.24 Å². The Morgan fingerprint density at radius 3 is 1.65 bits per heavy atom. The van der Waals surface area contributed by atoms with Crippen molar-refractivity contribution in [3.05, 3.63) is 23.0 Å². The predicted octanol–water partition coefficient (Wildman–Crippen LogP) is 5.29. The summed E-state index contributed by atoms with van der Waals surface area (Å²) in [5.74, 6) is 0.761. The van der Waals surface area contributed by atoms with Crippen molar-refractivity contribution < 1.29 is 21.7 Å². The summed E-state index contributed by atoms with van der Waals surface area (Å²) in [5.41, 5.74) is 0. The second kappa shape index (κ2) is 18.2. The van der Waals surface area contributed by atoms with Crippen molar-refractivity contribution in [1.29, 1.82) is 0 Å². The molecule has 1 rings (SSSR count). The number of nitrogens with zero attached hydrogens (tertiary/aromatic N) is 3. The van der Waals surface area contributed by atoms with Crippen LogP contribution in [-0.2, 0) is 21.7 Å². The summed E-state index contributed by atoms with van der Waals surface area (Å²) in [6.07, 6.45) is 3.88. The van der Waals surface area contributed by atoms with Crippen LogP contribution < -0.4 is 0 Å². The van der Waals surface area contributed by atoms with Crippen molar-refractivity contribution in [2.24, 2.45) is 5.92 Å².